The maximum atomic E-state index is 12.3. The van der Waals surface area contributed by atoms with Gasteiger partial charge in [0, 0.05) is 13.8 Å². The topological polar surface area (TPSA) is 107 Å². The molecule has 0 saturated carbocycles. The van der Waals surface area contributed by atoms with Gasteiger partial charge in [-0.25, -0.2) is 0 Å². The van der Waals surface area contributed by atoms with Gasteiger partial charge in [0.2, 0.25) is 5.92 Å². The van der Waals surface area contributed by atoms with Gasteiger partial charge in [-0.2, -0.15) is 0 Å². The van der Waals surface area contributed by atoms with Crippen LogP contribution in [0.5, 0.6) is 0 Å². The quantitative estimate of drug-likeness (QED) is 0.445. The van der Waals surface area contributed by atoms with Crippen LogP contribution in [0, 0.1) is 5.92 Å². The third-order valence-corrected chi connectivity index (χ3v) is 3.68. The number of cyclic esters (lactones) is 2. The minimum absolute atomic E-state index is 0.172. The van der Waals surface area contributed by atoms with Crippen molar-refractivity contribution in [2.45, 2.75) is 19.6 Å². The summed E-state index contributed by atoms with van der Waals surface area (Å²) in [5, 5.41) is 0. The summed E-state index contributed by atoms with van der Waals surface area (Å²) < 4.78 is 9.73. The number of amides is 2. The number of benzene rings is 1. The van der Waals surface area contributed by atoms with Gasteiger partial charge in [-0.1, -0.05) is 12.1 Å². The summed E-state index contributed by atoms with van der Waals surface area (Å²) in [6, 6.07) is 6.11. The highest BCUT2D eigenvalue weighted by Crippen LogP contribution is 2.26. The third kappa shape index (κ3) is 2.45. The first kappa shape index (κ1) is 15.9. The normalized spacial score (nSPS) is 19.8. The molecule has 0 radical (unpaired) electrons. The fraction of sp³-hybridized carbons (Fsp3) is 0.312. The monoisotopic (exact) mass is 331 g/mol. The molecule has 1 aromatic rings. The van der Waals surface area contributed by atoms with E-state index in [2.05, 4.69) is 0 Å². The van der Waals surface area contributed by atoms with Crippen LogP contribution in [-0.2, 0) is 23.9 Å². The Morgan fingerprint density at radius 1 is 1.00 bits per heavy atom. The molecule has 0 spiro atoms. The Morgan fingerprint density at radius 2 is 1.46 bits per heavy atom. The van der Waals surface area contributed by atoms with E-state index in [4.69, 9.17) is 9.47 Å². The summed E-state index contributed by atoms with van der Waals surface area (Å²) in [5.41, 5.74) is 0.343. The lowest BCUT2D eigenvalue weighted by Gasteiger charge is -2.32. The first-order chi connectivity index (χ1) is 11.2. The van der Waals surface area contributed by atoms with Crippen molar-refractivity contribution >= 4 is 29.5 Å². The number of esters is 2. The Balaban J connectivity index is 1.79. The lowest BCUT2D eigenvalue weighted by atomic mass is 10.0. The molecule has 8 nitrogen and oxygen atoms in total. The third-order valence-electron chi connectivity index (χ3n) is 3.68. The van der Waals surface area contributed by atoms with Crippen LogP contribution in [0.2, 0.25) is 0 Å². The molecule has 0 unspecified atom stereocenters. The highest BCUT2D eigenvalue weighted by atomic mass is 16.7. The average molecular weight is 331 g/mol. The van der Waals surface area contributed by atoms with Crippen molar-refractivity contribution in [2.24, 2.45) is 5.92 Å². The zero-order valence-corrected chi connectivity index (χ0v) is 12.9. The second kappa shape index (κ2) is 5.26. The van der Waals surface area contributed by atoms with Gasteiger partial charge in [-0.15, -0.1) is 0 Å². The van der Waals surface area contributed by atoms with Crippen LogP contribution < -0.4 is 0 Å². The van der Waals surface area contributed by atoms with E-state index >= 15 is 0 Å². The summed E-state index contributed by atoms with van der Waals surface area (Å²) in [4.78, 5) is 61.2. The van der Waals surface area contributed by atoms with Crippen LogP contribution in [0.3, 0.4) is 0 Å². The number of nitrogens with zero attached hydrogens (tertiary/aromatic N) is 1. The Bertz CT molecular complexity index is 740. The lowest BCUT2D eigenvalue weighted by Crippen LogP contribution is -2.51. The highest BCUT2D eigenvalue weighted by Gasteiger charge is 2.48. The first-order valence-electron chi connectivity index (χ1n) is 7.15. The number of fused-ring (bicyclic) bond motifs is 1. The standard InChI is InChI=1S/C16H13NO7/c1-16(2)23-14(21)11(15(22)24-16)10(18)7-17-12(19)8-5-3-4-6-9(8)13(17)20/h3-6,11H,7H2,1-2H3. The smallest absolute Gasteiger partial charge is 0.331 e. The molecule has 124 valence electrons. The maximum Gasteiger partial charge on any atom is 0.331 e. The van der Waals surface area contributed by atoms with Gasteiger partial charge in [-0.05, 0) is 12.1 Å². The molecule has 1 aromatic carbocycles. The van der Waals surface area contributed by atoms with Gasteiger partial charge < -0.3 is 9.47 Å². The number of imide groups is 1. The minimum Gasteiger partial charge on any atom is -0.422 e. The predicted octanol–water partition coefficient (Wildman–Crippen LogP) is 0.304. The van der Waals surface area contributed by atoms with Gasteiger partial charge in [-0.3, -0.25) is 28.9 Å². The molecule has 2 heterocycles. The number of ether oxygens (including phenoxy) is 2. The Labute approximate surface area is 136 Å². The molecule has 3 rings (SSSR count). The second-order valence-electron chi connectivity index (χ2n) is 5.88. The van der Waals surface area contributed by atoms with E-state index in [9.17, 15) is 24.0 Å². The number of hydrogen-bond acceptors (Lipinski definition) is 7. The van der Waals surface area contributed by atoms with Crippen molar-refractivity contribution in [2.75, 3.05) is 6.54 Å². The fourth-order valence-corrected chi connectivity index (χ4v) is 2.61. The van der Waals surface area contributed by atoms with Crippen molar-refractivity contribution in [1.29, 1.82) is 0 Å². The van der Waals surface area contributed by atoms with Crippen molar-refractivity contribution in [1.82, 2.24) is 4.90 Å². The molecule has 8 heteroatoms. The van der Waals surface area contributed by atoms with Gasteiger partial charge in [0.15, 0.2) is 5.78 Å². The highest BCUT2D eigenvalue weighted by molar-refractivity contribution is 6.24. The fourth-order valence-electron chi connectivity index (χ4n) is 2.61. The molecule has 0 aliphatic carbocycles. The van der Waals surface area contributed by atoms with Crippen LogP contribution in [0.25, 0.3) is 0 Å². The lowest BCUT2D eigenvalue weighted by molar-refractivity contribution is -0.238. The molecule has 2 aliphatic rings. The van der Waals surface area contributed by atoms with E-state index in [1.54, 1.807) is 12.1 Å². The zero-order valence-electron chi connectivity index (χ0n) is 12.9. The minimum atomic E-state index is -1.80. The number of ketones is 1. The number of Topliss-reactive ketones (excluding diaryl/α,β-unsaturated/α-hetero) is 1. The van der Waals surface area contributed by atoms with Crippen LogP contribution in [-0.4, -0.2) is 46.8 Å². The molecule has 2 amide bonds. The largest absolute Gasteiger partial charge is 0.422 e. The average Bonchev–Trinajstić information content (AvgIpc) is 2.71. The number of carbonyl (C=O) groups excluding carboxylic acids is 5. The van der Waals surface area contributed by atoms with Gasteiger partial charge >= 0.3 is 11.9 Å². The van der Waals surface area contributed by atoms with Crippen LogP contribution in [0.4, 0.5) is 0 Å². The molecular weight excluding hydrogens is 318 g/mol. The Hall–Kier alpha value is -3.03. The van der Waals surface area contributed by atoms with E-state index in [1.807, 2.05) is 0 Å². The molecule has 0 N–H and O–H groups in total. The maximum absolute atomic E-state index is 12.3. The number of rotatable bonds is 3. The molecular formula is C16H13NO7. The second-order valence-corrected chi connectivity index (χ2v) is 5.88. The number of carbonyl (C=O) groups is 5. The molecule has 0 aromatic heterocycles. The SMILES string of the molecule is CC1(C)OC(=O)C(C(=O)CN2C(=O)c3ccccc3C2=O)C(=O)O1. The molecule has 0 bridgehead atoms. The first-order valence-corrected chi connectivity index (χ1v) is 7.15. The van der Waals surface area contributed by atoms with Gasteiger partial charge in [0.1, 0.15) is 0 Å². The molecule has 24 heavy (non-hydrogen) atoms. The summed E-state index contributed by atoms with van der Waals surface area (Å²) in [6.45, 7) is 2.00. The van der Waals surface area contributed by atoms with E-state index in [-0.39, 0.29) is 11.1 Å². The van der Waals surface area contributed by atoms with Crippen molar-refractivity contribution in [3.63, 3.8) is 0 Å². The summed E-state index contributed by atoms with van der Waals surface area (Å²) >= 11 is 0. The molecule has 1 fully saturated rings. The van der Waals surface area contributed by atoms with E-state index in [0.29, 0.717) is 4.90 Å². The predicted molar refractivity (Wildman–Crippen MR) is 76.6 cm³/mol. The number of hydrogen-bond donors (Lipinski definition) is 0. The molecule has 2 aliphatic heterocycles. The van der Waals surface area contributed by atoms with Crippen molar-refractivity contribution in [3.05, 3.63) is 35.4 Å². The van der Waals surface area contributed by atoms with Gasteiger partial charge in [0.05, 0.1) is 17.7 Å². The van der Waals surface area contributed by atoms with Crippen molar-refractivity contribution < 1.29 is 33.4 Å². The Morgan fingerprint density at radius 3 is 1.92 bits per heavy atom. The van der Waals surface area contributed by atoms with Crippen LogP contribution >= 0.6 is 0 Å². The van der Waals surface area contributed by atoms with Crippen LogP contribution in [0.1, 0.15) is 34.6 Å². The zero-order chi connectivity index (χ0) is 17.6. The Kier molecular flexibility index (Phi) is 3.47. The van der Waals surface area contributed by atoms with E-state index in [0.717, 1.165) is 0 Å². The van der Waals surface area contributed by atoms with Gasteiger partial charge in [0.25, 0.3) is 17.6 Å². The summed E-state index contributed by atoms with van der Waals surface area (Å²) in [7, 11) is 0. The van der Waals surface area contributed by atoms with Crippen molar-refractivity contribution in [3.8, 4) is 0 Å². The molecule has 1 saturated heterocycles. The van der Waals surface area contributed by atoms with Crippen LogP contribution in [0.15, 0.2) is 24.3 Å². The summed E-state index contributed by atoms with van der Waals surface area (Å²) in [6.07, 6.45) is 0. The van der Waals surface area contributed by atoms with E-state index < -0.39 is 47.8 Å². The van der Waals surface area contributed by atoms with E-state index in [1.165, 1.54) is 26.0 Å². The summed E-state index contributed by atoms with van der Waals surface area (Å²) in [5.74, 6) is -7.61. The molecule has 0 atom stereocenters.